The molecule has 0 radical (unpaired) electrons. The molecule has 2 rings (SSSR count). The predicted molar refractivity (Wildman–Crippen MR) is 100 cm³/mol. The van der Waals surface area contributed by atoms with Gasteiger partial charge >= 0.3 is 0 Å². The van der Waals surface area contributed by atoms with Crippen molar-refractivity contribution in [1.29, 1.82) is 0 Å². The summed E-state index contributed by atoms with van der Waals surface area (Å²) in [6.07, 6.45) is 0.138. The monoisotopic (exact) mass is 342 g/mol. The van der Waals surface area contributed by atoms with Crippen molar-refractivity contribution in [2.45, 2.75) is 33.4 Å². The Hall–Kier alpha value is -2.53. The van der Waals surface area contributed by atoms with Crippen LogP contribution in [0.5, 0.6) is 5.75 Å². The van der Waals surface area contributed by atoms with Gasteiger partial charge in [0.1, 0.15) is 5.75 Å². The summed E-state index contributed by atoms with van der Waals surface area (Å²) < 4.78 is 5.72. The van der Waals surface area contributed by atoms with Crippen LogP contribution in [0, 0.1) is 6.92 Å². The Bertz CT molecular complexity index is 714. The fourth-order valence-corrected chi connectivity index (χ4v) is 2.54. The van der Waals surface area contributed by atoms with Gasteiger partial charge in [0, 0.05) is 24.3 Å². The molecule has 0 fully saturated rings. The highest BCUT2D eigenvalue weighted by molar-refractivity contribution is 5.97. The van der Waals surface area contributed by atoms with Crippen molar-refractivity contribution in [1.82, 2.24) is 5.32 Å². The molecular weight excluding hydrogens is 316 g/mol. The third-order valence-electron chi connectivity index (χ3n) is 3.73. The van der Waals surface area contributed by atoms with Crippen molar-refractivity contribution in [2.24, 2.45) is 0 Å². The molecule has 0 aromatic heterocycles. The fraction of sp³-hybridized carbons (Fsp3) is 0.350. The second-order valence-electron chi connectivity index (χ2n) is 6.13. The molecule has 2 aromatic carbocycles. The maximum Gasteiger partial charge on any atom is 0.251 e. The lowest BCUT2D eigenvalue weighted by atomic mass is 10.1. The van der Waals surface area contributed by atoms with Crippen molar-refractivity contribution in [3.05, 3.63) is 59.2 Å². The average molecular weight is 342 g/mol. The van der Waals surface area contributed by atoms with Gasteiger partial charge in [0.15, 0.2) is 0 Å². The quantitative estimate of drug-likeness (QED) is 0.689. The zero-order valence-electron chi connectivity index (χ0n) is 15.0. The largest absolute Gasteiger partial charge is 0.491 e. The number of hydrogen-bond donors (Lipinski definition) is 3. The third kappa shape index (κ3) is 5.50. The van der Waals surface area contributed by atoms with E-state index in [0.717, 1.165) is 22.6 Å². The first-order valence-corrected chi connectivity index (χ1v) is 8.49. The van der Waals surface area contributed by atoms with Gasteiger partial charge in [0.05, 0.1) is 12.7 Å². The average Bonchev–Trinajstić information content (AvgIpc) is 2.58. The van der Waals surface area contributed by atoms with Crippen LogP contribution in [0.2, 0.25) is 0 Å². The SMILES string of the molecule is Cc1c(NCc2cccc(OC(C)C)c2)cccc1C(=O)NCCO. The van der Waals surface area contributed by atoms with Crippen LogP contribution in [0.15, 0.2) is 42.5 Å². The second-order valence-corrected chi connectivity index (χ2v) is 6.13. The van der Waals surface area contributed by atoms with Crippen LogP contribution in [0.1, 0.15) is 35.3 Å². The molecule has 5 heteroatoms. The zero-order valence-corrected chi connectivity index (χ0v) is 15.0. The number of carbonyl (C=O) groups is 1. The Morgan fingerprint density at radius 1 is 1.20 bits per heavy atom. The molecule has 134 valence electrons. The van der Waals surface area contributed by atoms with E-state index >= 15 is 0 Å². The van der Waals surface area contributed by atoms with Gasteiger partial charge in [-0.3, -0.25) is 4.79 Å². The van der Waals surface area contributed by atoms with Crippen LogP contribution >= 0.6 is 0 Å². The van der Waals surface area contributed by atoms with Gasteiger partial charge < -0.3 is 20.5 Å². The second kappa shape index (κ2) is 9.08. The summed E-state index contributed by atoms with van der Waals surface area (Å²) in [5.41, 5.74) is 3.50. The highest BCUT2D eigenvalue weighted by atomic mass is 16.5. The molecule has 1 amide bonds. The number of amides is 1. The van der Waals surface area contributed by atoms with Crippen LogP contribution in [-0.2, 0) is 6.54 Å². The minimum Gasteiger partial charge on any atom is -0.491 e. The van der Waals surface area contributed by atoms with E-state index in [1.54, 1.807) is 6.07 Å². The minimum absolute atomic E-state index is 0.0719. The van der Waals surface area contributed by atoms with Crippen LogP contribution in [0.4, 0.5) is 5.69 Å². The standard InChI is InChI=1S/C20H26N2O3/c1-14(2)25-17-7-4-6-16(12-17)13-22-19-9-5-8-18(15(19)3)20(24)21-10-11-23/h4-9,12,14,22-23H,10-11,13H2,1-3H3,(H,21,24). The summed E-state index contributed by atoms with van der Waals surface area (Å²) in [5, 5.41) is 14.9. The van der Waals surface area contributed by atoms with E-state index in [2.05, 4.69) is 10.6 Å². The molecule has 0 aliphatic rings. The molecule has 0 unspecified atom stereocenters. The molecule has 0 aliphatic heterocycles. The molecule has 0 saturated heterocycles. The Labute approximate surface area is 149 Å². The maximum atomic E-state index is 12.1. The van der Waals surface area contributed by atoms with E-state index in [0.29, 0.717) is 12.1 Å². The minimum atomic E-state index is -0.178. The smallest absolute Gasteiger partial charge is 0.251 e. The number of aliphatic hydroxyl groups excluding tert-OH is 1. The number of aliphatic hydroxyl groups is 1. The molecule has 0 saturated carbocycles. The summed E-state index contributed by atoms with van der Waals surface area (Å²) in [7, 11) is 0. The number of nitrogens with one attached hydrogen (secondary N) is 2. The van der Waals surface area contributed by atoms with Crippen molar-refractivity contribution >= 4 is 11.6 Å². The number of rotatable bonds is 8. The highest BCUT2D eigenvalue weighted by Gasteiger charge is 2.11. The van der Waals surface area contributed by atoms with Crippen LogP contribution in [-0.4, -0.2) is 30.3 Å². The van der Waals surface area contributed by atoms with Crippen LogP contribution < -0.4 is 15.4 Å². The van der Waals surface area contributed by atoms with E-state index < -0.39 is 0 Å². The van der Waals surface area contributed by atoms with Crippen molar-refractivity contribution in [2.75, 3.05) is 18.5 Å². The van der Waals surface area contributed by atoms with Gasteiger partial charge in [-0.25, -0.2) is 0 Å². The molecule has 3 N–H and O–H groups in total. The van der Waals surface area contributed by atoms with E-state index in [1.807, 2.05) is 57.2 Å². The molecule has 0 heterocycles. The Balaban J connectivity index is 2.07. The Morgan fingerprint density at radius 2 is 1.96 bits per heavy atom. The van der Waals surface area contributed by atoms with Gasteiger partial charge in [0.2, 0.25) is 0 Å². The molecular formula is C20H26N2O3. The Kier molecular flexibility index (Phi) is 6.83. The first-order chi connectivity index (χ1) is 12.0. The first kappa shape index (κ1) is 18.8. The van der Waals surface area contributed by atoms with Gasteiger partial charge in [-0.1, -0.05) is 18.2 Å². The number of carbonyl (C=O) groups excluding carboxylic acids is 1. The molecule has 0 spiro atoms. The molecule has 2 aromatic rings. The maximum absolute atomic E-state index is 12.1. The number of ether oxygens (including phenoxy) is 1. The molecule has 5 nitrogen and oxygen atoms in total. The molecule has 0 atom stereocenters. The summed E-state index contributed by atoms with van der Waals surface area (Å²) >= 11 is 0. The van der Waals surface area contributed by atoms with E-state index in [4.69, 9.17) is 9.84 Å². The lowest BCUT2D eigenvalue weighted by molar-refractivity contribution is 0.0944. The van der Waals surface area contributed by atoms with E-state index in [-0.39, 0.29) is 25.2 Å². The molecule has 0 aliphatic carbocycles. The summed E-state index contributed by atoms with van der Waals surface area (Å²) in [4.78, 5) is 12.1. The van der Waals surface area contributed by atoms with Crippen molar-refractivity contribution < 1.29 is 14.6 Å². The lowest BCUT2D eigenvalue weighted by Crippen LogP contribution is -2.27. The van der Waals surface area contributed by atoms with E-state index in [9.17, 15) is 4.79 Å². The molecule has 25 heavy (non-hydrogen) atoms. The number of anilines is 1. The number of hydrogen-bond acceptors (Lipinski definition) is 4. The topological polar surface area (TPSA) is 70.6 Å². The zero-order chi connectivity index (χ0) is 18.2. The Morgan fingerprint density at radius 3 is 2.68 bits per heavy atom. The van der Waals surface area contributed by atoms with Crippen LogP contribution in [0.3, 0.4) is 0 Å². The molecule has 0 bridgehead atoms. The van der Waals surface area contributed by atoms with Crippen molar-refractivity contribution in [3.8, 4) is 5.75 Å². The van der Waals surface area contributed by atoms with Gasteiger partial charge in [-0.2, -0.15) is 0 Å². The highest BCUT2D eigenvalue weighted by Crippen LogP contribution is 2.21. The lowest BCUT2D eigenvalue weighted by Gasteiger charge is -2.14. The first-order valence-electron chi connectivity index (χ1n) is 8.49. The van der Waals surface area contributed by atoms with Gasteiger partial charge in [-0.15, -0.1) is 0 Å². The van der Waals surface area contributed by atoms with Gasteiger partial charge in [-0.05, 0) is 56.2 Å². The number of benzene rings is 2. The van der Waals surface area contributed by atoms with Crippen molar-refractivity contribution in [3.63, 3.8) is 0 Å². The van der Waals surface area contributed by atoms with Gasteiger partial charge in [0.25, 0.3) is 5.91 Å². The summed E-state index contributed by atoms with van der Waals surface area (Å²) in [5.74, 6) is 0.672. The normalized spacial score (nSPS) is 10.6. The van der Waals surface area contributed by atoms with E-state index in [1.165, 1.54) is 0 Å². The third-order valence-corrected chi connectivity index (χ3v) is 3.73. The summed E-state index contributed by atoms with van der Waals surface area (Å²) in [6.45, 7) is 6.73. The fourth-order valence-electron chi connectivity index (χ4n) is 2.54. The van der Waals surface area contributed by atoms with Crippen LogP contribution in [0.25, 0.3) is 0 Å². The summed E-state index contributed by atoms with van der Waals surface area (Å²) in [6, 6.07) is 13.5. The predicted octanol–water partition coefficient (Wildman–Crippen LogP) is 3.12.